The summed E-state index contributed by atoms with van der Waals surface area (Å²) >= 11 is 0. The smallest absolute Gasteiger partial charge is 0.238 e. The maximum Gasteiger partial charge on any atom is 0.238 e. The number of amides is 1. The van der Waals surface area contributed by atoms with Crippen molar-refractivity contribution in [3.63, 3.8) is 0 Å². The van der Waals surface area contributed by atoms with Crippen LogP contribution < -0.4 is 16.2 Å². The van der Waals surface area contributed by atoms with Gasteiger partial charge < -0.3 is 5.32 Å². The molecule has 4 rings (SSSR count). The van der Waals surface area contributed by atoms with E-state index in [-0.39, 0.29) is 23.4 Å². The van der Waals surface area contributed by atoms with E-state index in [9.17, 15) is 4.79 Å². The van der Waals surface area contributed by atoms with E-state index in [4.69, 9.17) is 0 Å². The van der Waals surface area contributed by atoms with Crippen molar-refractivity contribution in [2.45, 2.75) is 36.8 Å². The zero-order valence-corrected chi connectivity index (χ0v) is 13.7. The summed E-state index contributed by atoms with van der Waals surface area (Å²) in [5, 5.41) is 3.16. The van der Waals surface area contributed by atoms with E-state index in [1.165, 1.54) is 11.1 Å². The highest BCUT2D eigenvalue weighted by atomic mass is 16.2. The van der Waals surface area contributed by atoms with Crippen LogP contribution in [0, 0.1) is 0 Å². The van der Waals surface area contributed by atoms with Gasteiger partial charge in [0.25, 0.3) is 0 Å². The summed E-state index contributed by atoms with van der Waals surface area (Å²) < 4.78 is 0. The van der Waals surface area contributed by atoms with Crippen molar-refractivity contribution in [2.75, 3.05) is 6.54 Å². The molecule has 2 aliphatic rings. The molecule has 124 valence electrons. The number of hydrazine groups is 1. The van der Waals surface area contributed by atoms with Gasteiger partial charge in [0.2, 0.25) is 5.91 Å². The van der Waals surface area contributed by atoms with Crippen LogP contribution in [0.15, 0.2) is 60.7 Å². The van der Waals surface area contributed by atoms with Crippen LogP contribution in [0.5, 0.6) is 0 Å². The van der Waals surface area contributed by atoms with Gasteiger partial charge in [-0.15, -0.1) is 0 Å². The van der Waals surface area contributed by atoms with Gasteiger partial charge in [-0.2, -0.15) is 0 Å². The zero-order chi connectivity index (χ0) is 16.4. The van der Waals surface area contributed by atoms with E-state index in [2.05, 4.69) is 52.6 Å². The molecule has 2 aromatic carbocycles. The Morgan fingerprint density at radius 3 is 2.33 bits per heavy atom. The molecule has 2 fully saturated rings. The standard InChI is InChI=1S/C20H23N3O/c24-19(18-13-17(22-23-18)15-7-3-1-4-8-15)21-14-20(11-12-20)16-9-5-2-6-10-16/h1-10,17-18,22-23H,11-14H2,(H,21,24). The first-order chi connectivity index (χ1) is 11.8. The Morgan fingerprint density at radius 2 is 1.67 bits per heavy atom. The van der Waals surface area contributed by atoms with Gasteiger partial charge in [-0.05, 0) is 30.4 Å². The molecule has 0 aromatic heterocycles. The molecule has 1 aliphatic heterocycles. The van der Waals surface area contributed by atoms with Crippen molar-refractivity contribution in [2.24, 2.45) is 0 Å². The average Bonchev–Trinajstić information content (AvgIpc) is 3.28. The topological polar surface area (TPSA) is 53.2 Å². The normalized spacial score (nSPS) is 24.5. The molecule has 1 saturated carbocycles. The van der Waals surface area contributed by atoms with Crippen LogP contribution >= 0.6 is 0 Å². The molecule has 1 saturated heterocycles. The minimum atomic E-state index is -0.179. The Bertz CT molecular complexity index is 697. The van der Waals surface area contributed by atoms with E-state index in [1.54, 1.807) is 0 Å². The van der Waals surface area contributed by atoms with Gasteiger partial charge in [0.05, 0.1) is 0 Å². The minimum Gasteiger partial charge on any atom is -0.354 e. The quantitative estimate of drug-likeness (QED) is 0.793. The zero-order valence-electron chi connectivity index (χ0n) is 13.7. The van der Waals surface area contributed by atoms with Crippen molar-refractivity contribution in [1.82, 2.24) is 16.2 Å². The van der Waals surface area contributed by atoms with Gasteiger partial charge in [0, 0.05) is 18.0 Å². The van der Waals surface area contributed by atoms with Gasteiger partial charge in [0.15, 0.2) is 0 Å². The number of benzene rings is 2. The van der Waals surface area contributed by atoms with Crippen LogP contribution in [0.25, 0.3) is 0 Å². The van der Waals surface area contributed by atoms with Crippen LogP contribution in [0.2, 0.25) is 0 Å². The van der Waals surface area contributed by atoms with E-state index in [0.717, 1.165) is 25.8 Å². The lowest BCUT2D eigenvalue weighted by Crippen LogP contribution is -2.45. The highest BCUT2D eigenvalue weighted by Gasteiger charge is 2.44. The molecule has 24 heavy (non-hydrogen) atoms. The van der Waals surface area contributed by atoms with E-state index < -0.39 is 0 Å². The second kappa shape index (κ2) is 6.38. The second-order valence-electron chi connectivity index (χ2n) is 6.90. The first-order valence-electron chi connectivity index (χ1n) is 8.66. The number of nitrogens with one attached hydrogen (secondary N) is 3. The largest absolute Gasteiger partial charge is 0.354 e. The third kappa shape index (κ3) is 3.07. The van der Waals surface area contributed by atoms with Gasteiger partial charge >= 0.3 is 0 Å². The summed E-state index contributed by atoms with van der Waals surface area (Å²) in [6, 6.07) is 20.8. The minimum absolute atomic E-state index is 0.0862. The van der Waals surface area contributed by atoms with Crippen LogP contribution in [-0.2, 0) is 10.2 Å². The number of carbonyl (C=O) groups is 1. The van der Waals surface area contributed by atoms with Gasteiger partial charge in [-0.1, -0.05) is 60.7 Å². The predicted molar refractivity (Wildman–Crippen MR) is 94.2 cm³/mol. The Morgan fingerprint density at radius 1 is 1.00 bits per heavy atom. The highest BCUT2D eigenvalue weighted by molar-refractivity contribution is 5.82. The predicted octanol–water partition coefficient (Wildman–Crippen LogP) is 2.44. The maximum atomic E-state index is 12.5. The fourth-order valence-electron chi connectivity index (χ4n) is 3.52. The second-order valence-corrected chi connectivity index (χ2v) is 6.90. The molecule has 4 nitrogen and oxygen atoms in total. The fourth-order valence-corrected chi connectivity index (χ4v) is 3.52. The Labute approximate surface area is 142 Å². The number of rotatable bonds is 5. The summed E-state index contributed by atoms with van der Waals surface area (Å²) in [7, 11) is 0. The molecule has 2 aromatic rings. The highest BCUT2D eigenvalue weighted by Crippen LogP contribution is 2.47. The summed E-state index contributed by atoms with van der Waals surface area (Å²) in [5.74, 6) is 0.0862. The molecule has 1 aliphatic carbocycles. The SMILES string of the molecule is O=C(NCC1(c2ccccc2)CC1)C1CC(c2ccccc2)NN1. The summed E-state index contributed by atoms with van der Waals surface area (Å²) in [6.45, 7) is 0.726. The number of carbonyl (C=O) groups excluding carboxylic acids is 1. The van der Waals surface area contributed by atoms with Crippen molar-refractivity contribution in [3.8, 4) is 0 Å². The lowest BCUT2D eigenvalue weighted by molar-refractivity contribution is -0.123. The summed E-state index contributed by atoms with van der Waals surface area (Å²) in [6.07, 6.45) is 3.08. The Kier molecular flexibility index (Phi) is 4.08. The van der Waals surface area contributed by atoms with Crippen LogP contribution in [-0.4, -0.2) is 18.5 Å². The molecular weight excluding hydrogens is 298 g/mol. The summed E-state index contributed by atoms with van der Waals surface area (Å²) in [4.78, 5) is 12.5. The first-order valence-corrected chi connectivity index (χ1v) is 8.66. The third-order valence-corrected chi connectivity index (χ3v) is 5.26. The molecule has 1 heterocycles. The van der Waals surface area contributed by atoms with E-state index >= 15 is 0 Å². The van der Waals surface area contributed by atoms with Crippen molar-refractivity contribution >= 4 is 5.91 Å². The van der Waals surface area contributed by atoms with Gasteiger partial charge in [0.1, 0.15) is 6.04 Å². The molecular formula is C20H23N3O. The maximum absolute atomic E-state index is 12.5. The van der Waals surface area contributed by atoms with Gasteiger partial charge in [-0.3, -0.25) is 4.79 Å². The first kappa shape index (κ1) is 15.4. The molecule has 3 N–H and O–H groups in total. The Balaban J connectivity index is 1.33. The molecule has 2 atom stereocenters. The van der Waals surface area contributed by atoms with Gasteiger partial charge in [-0.25, -0.2) is 10.9 Å². The lowest BCUT2D eigenvalue weighted by atomic mass is 9.95. The molecule has 1 amide bonds. The van der Waals surface area contributed by atoms with E-state index in [1.807, 2.05) is 24.3 Å². The summed E-state index contributed by atoms with van der Waals surface area (Å²) in [5.41, 5.74) is 9.08. The van der Waals surface area contributed by atoms with Crippen LogP contribution in [0.4, 0.5) is 0 Å². The molecule has 0 bridgehead atoms. The molecule has 0 radical (unpaired) electrons. The average molecular weight is 321 g/mol. The third-order valence-electron chi connectivity index (χ3n) is 5.26. The molecule has 4 heteroatoms. The fraction of sp³-hybridized carbons (Fsp3) is 0.350. The Hall–Kier alpha value is -2.17. The van der Waals surface area contributed by atoms with Crippen molar-refractivity contribution in [3.05, 3.63) is 71.8 Å². The van der Waals surface area contributed by atoms with Crippen molar-refractivity contribution < 1.29 is 4.79 Å². The van der Waals surface area contributed by atoms with E-state index in [0.29, 0.717) is 0 Å². The lowest BCUT2D eigenvalue weighted by Gasteiger charge is -2.18. The van der Waals surface area contributed by atoms with Crippen molar-refractivity contribution in [1.29, 1.82) is 0 Å². The number of hydrogen-bond donors (Lipinski definition) is 3. The number of hydrogen-bond acceptors (Lipinski definition) is 3. The molecule has 2 unspecified atom stereocenters. The molecule has 0 spiro atoms. The monoisotopic (exact) mass is 321 g/mol. The van der Waals surface area contributed by atoms with Crippen LogP contribution in [0.1, 0.15) is 36.4 Å². The van der Waals surface area contributed by atoms with Crippen LogP contribution in [0.3, 0.4) is 0 Å².